The van der Waals surface area contributed by atoms with Crippen molar-refractivity contribution in [1.29, 1.82) is 0 Å². The Labute approximate surface area is 164 Å². The van der Waals surface area contributed by atoms with E-state index in [2.05, 4.69) is 11.0 Å². The summed E-state index contributed by atoms with van der Waals surface area (Å²) < 4.78 is 16.3. The van der Waals surface area contributed by atoms with Crippen molar-refractivity contribution in [1.82, 2.24) is 9.88 Å². The van der Waals surface area contributed by atoms with E-state index in [9.17, 15) is 5.11 Å². The smallest absolute Gasteiger partial charge is 0.231 e. The van der Waals surface area contributed by atoms with Gasteiger partial charge in [0.15, 0.2) is 11.5 Å². The minimum atomic E-state index is -0.441. The molecule has 2 aromatic carbocycles. The second kappa shape index (κ2) is 8.04. The number of pyridine rings is 1. The van der Waals surface area contributed by atoms with Crippen LogP contribution in [0.15, 0.2) is 48.5 Å². The molecule has 2 heterocycles. The molecule has 6 heteroatoms. The number of nitrogens with zero attached hydrogens (tertiary/aromatic N) is 2. The summed E-state index contributed by atoms with van der Waals surface area (Å²) in [5, 5.41) is 11.0. The highest BCUT2D eigenvalue weighted by atomic mass is 16.7. The normalized spacial score (nSPS) is 13.9. The Morgan fingerprint density at radius 3 is 2.79 bits per heavy atom. The molecule has 1 aliphatic rings. The fourth-order valence-electron chi connectivity index (χ4n) is 3.50. The number of ether oxygens (including phenoxy) is 3. The SMILES string of the molecule is COc1cccc2ccc(CN(Cc3ccc4c(c3)OCO4)CC(C)O)nc12. The number of para-hydroxylation sites is 1. The maximum Gasteiger partial charge on any atom is 0.231 e. The van der Waals surface area contributed by atoms with Gasteiger partial charge in [-0.05, 0) is 36.8 Å². The van der Waals surface area contributed by atoms with Crippen LogP contribution in [0, 0.1) is 0 Å². The first kappa shape index (κ1) is 18.5. The molecule has 0 radical (unpaired) electrons. The van der Waals surface area contributed by atoms with Gasteiger partial charge >= 0.3 is 0 Å². The van der Waals surface area contributed by atoms with Crippen molar-refractivity contribution in [2.75, 3.05) is 20.4 Å². The number of methoxy groups -OCH3 is 1. The number of benzene rings is 2. The summed E-state index contributed by atoms with van der Waals surface area (Å²) in [6.45, 7) is 3.89. The molecule has 3 aromatic rings. The molecule has 0 aliphatic carbocycles. The number of aliphatic hydroxyl groups excluding tert-OH is 1. The molecule has 146 valence electrons. The molecule has 0 saturated carbocycles. The standard InChI is InChI=1S/C22H24N2O4/c1-15(25)11-24(12-16-6-9-19-21(10-16)28-14-27-19)13-18-8-7-17-4-3-5-20(26-2)22(17)23-18/h3-10,15,25H,11-14H2,1-2H3. The van der Waals surface area contributed by atoms with Crippen molar-refractivity contribution in [3.63, 3.8) is 0 Å². The van der Waals surface area contributed by atoms with Gasteiger partial charge in [0.05, 0.1) is 18.9 Å². The largest absolute Gasteiger partial charge is 0.494 e. The quantitative estimate of drug-likeness (QED) is 0.678. The minimum absolute atomic E-state index is 0.263. The molecule has 1 N–H and O–H groups in total. The Kier molecular flexibility index (Phi) is 5.32. The average Bonchev–Trinajstić information content (AvgIpc) is 3.14. The van der Waals surface area contributed by atoms with E-state index in [0.717, 1.165) is 39.4 Å². The van der Waals surface area contributed by atoms with Gasteiger partial charge in [-0.15, -0.1) is 0 Å². The van der Waals surface area contributed by atoms with Crippen LogP contribution in [0.3, 0.4) is 0 Å². The van der Waals surface area contributed by atoms with Gasteiger partial charge in [0.25, 0.3) is 0 Å². The van der Waals surface area contributed by atoms with Crippen LogP contribution in [0.2, 0.25) is 0 Å². The lowest BCUT2D eigenvalue weighted by molar-refractivity contribution is 0.117. The van der Waals surface area contributed by atoms with Crippen LogP contribution in [0.1, 0.15) is 18.2 Å². The van der Waals surface area contributed by atoms with Gasteiger partial charge < -0.3 is 19.3 Å². The summed E-state index contributed by atoms with van der Waals surface area (Å²) in [5.74, 6) is 2.30. The summed E-state index contributed by atoms with van der Waals surface area (Å²) >= 11 is 0. The van der Waals surface area contributed by atoms with Crippen LogP contribution < -0.4 is 14.2 Å². The van der Waals surface area contributed by atoms with E-state index >= 15 is 0 Å². The number of hydrogen-bond donors (Lipinski definition) is 1. The first-order valence-corrected chi connectivity index (χ1v) is 9.34. The zero-order chi connectivity index (χ0) is 19.5. The van der Waals surface area contributed by atoms with Crippen LogP contribution >= 0.6 is 0 Å². The molecular formula is C22H24N2O4. The van der Waals surface area contributed by atoms with Crippen LogP contribution in [0.4, 0.5) is 0 Å². The molecule has 1 atom stereocenters. The Balaban J connectivity index is 1.57. The highest BCUT2D eigenvalue weighted by Crippen LogP contribution is 2.33. The van der Waals surface area contributed by atoms with Crippen LogP contribution in [0.25, 0.3) is 10.9 Å². The monoisotopic (exact) mass is 380 g/mol. The third-order valence-electron chi connectivity index (χ3n) is 4.71. The second-order valence-corrected chi connectivity index (χ2v) is 7.04. The number of fused-ring (bicyclic) bond motifs is 2. The summed E-state index contributed by atoms with van der Waals surface area (Å²) in [4.78, 5) is 6.97. The van der Waals surface area contributed by atoms with Crippen molar-refractivity contribution in [2.24, 2.45) is 0 Å². The molecule has 0 bridgehead atoms. The summed E-state index contributed by atoms with van der Waals surface area (Å²) in [6, 6.07) is 15.9. The number of rotatable bonds is 7. The zero-order valence-corrected chi connectivity index (χ0v) is 16.1. The molecule has 28 heavy (non-hydrogen) atoms. The third-order valence-corrected chi connectivity index (χ3v) is 4.71. The Morgan fingerprint density at radius 1 is 1.11 bits per heavy atom. The van der Waals surface area contributed by atoms with E-state index < -0.39 is 6.10 Å². The molecule has 0 spiro atoms. The molecule has 0 fully saturated rings. The summed E-state index contributed by atoms with van der Waals surface area (Å²) in [6.07, 6.45) is -0.441. The molecule has 1 aliphatic heterocycles. The lowest BCUT2D eigenvalue weighted by atomic mass is 10.1. The first-order valence-electron chi connectivity index (χ1n) is 9.34. The minimum Gasteiger partial charge on any atom is -0.494 e. The average molecular weight is 380 g/mol. The molecule has 0 amide bonds. The molecule has 1 aromatic heterocycles. The first-order chi connectivity index (χ1) is 13.6. The lowest BCUT2D eigenvalue weighted by Crippen LogP contribution is -2.30. The zero-order valence-electron chi connectivity index (χ0n) is 16.1. The van der Waals surface area contributed by atoms with E-state index in [-0.39, 0.29) is 6.79 Å². The summed E-state index contributed by atoms with van der Waals surface area (Å²) in [7, 11) is 1.66. The van der Waals surface area contributed by atoms with E-state index in [1.54, 1.807) is 14.0 Å². The highest BCUT2D eigenvalue weighted by molar-refractivity contribution is 5.84. The van der Waals surface area contributed by atoms with Gasteiger partial charge in [-0.3, -0.25) is 4.90 Å². The van der Waals surface area contributed by atoms with E-state index in [0.29, 0.717) is 19.6 Å². The predicted octanol–water partition coefficient (Wildman–Crippen LogP) is 3.36. The van der Waals surface area contributed by atoms with Gasteiger partial charge in [-0.2, -0.15) is 0 Å². The highest BCUT2D eigenvalue weighted by Gasteiger charge is 2.16. The second-order valence-electron chi connectivity index (χ2n) is 7.04. The van der Waals surface area contributed by atoms with E-state index in [1.165, 1.54) is 0 Å². The van der Waals surface area contributed by atoms with Crippen molar-refractivity contribution >= 4 is 10.9 Å². The van der Waals surface area contributed by atoms with Gasteiger partial charge in [-0.1, -0.05) is 24.3 Å². The third kappa shape index (κ3) is 4.03. The fourth-order valence-corrected chi connectivity index (χ4v) is 3.50. The van der Waals surface area contributed by atoms with Gasteiger partial charge in [0.1, 0.15) is 11.3 Å². The van der Waals surface area contributed by atoms with Gasteiger partial charge in [-0.25, -0.2) is 4.98 Å². The maximum atomic E-state index is 9.96. The van der Waals surface area contributed by atoms with Crippen LogP contribution in [-0.4, -0.2) is 41.5 Å². The predicted molar refractivity (Wildman–Crippen MR) is 107 cm³/mol. The van der Waals surface area contributed by atoms with Gasteiger partial charge in [0.2, 0.25) is 6.79 Å². The van der Waals surface area contributed by atoms with Crippen LogP contribution in [-0.2, 0) is 13.1 Å². The van der Waals surface area contributed by atoms with Crippen molar-refractivity contribution < 1.29 is 19.3 Å². The maximum absolute atomic E-state index is 9.96. The fraction of sp³-hybridized carbons (Fsp3) is 0.318. The number of hydrogen-bond acceptors (Lipinski definition) is 6. The number of aromatic nitrogens is 1. The molecular weight excluding hydrogens is 356 g/mol. The lowest BCUT2D eigenvalue weighted by Gasteiger charge is -2.24. The number of aliphatic hydroxyl groups is 1. The summed E-state index contributed by atoms with van der Waals surface area (Å²) in [5.41, 5.74) is 2.88. The Hall–Kier alpha value is -2.83. The molecule has 4 rings (SSSR count). The Morgan fingerprint density at radius 2 is 1.96 bits per heavy atom. The van der Waals surface area contributed by atoms with Crippen LogP contribution in [0.5, 0.6) is 17.2 Å². The van der Waals surface area contributed by atoms with Crippen molar-refractivity contribution in [2.45, 2.75) is 26.1 Å². The van der Waals surface area contributed by atoms with E-state index in [4.69, 9.17) is 19.2 Å². The van der Waals surface area contributed by atoms with Crippen molar-refractivity contribution in [3.8, 4) is 17.2 Å². The van der Waals surface area contributed by atoms with Crippen molar-refractivity contribution in [3.05, 3.63) is 59.8 Å². The topological polar surface area (TPSA) is 64.1 Å². The van der Waals surface area contributed by atoms with E-state index in [1.807, 2.05) is 42.5 Å². The Bertz CT molecular complexity index is 974. The molecule has 1 unspecified atom stereocenters. The molecule has 0 saturated heterocycles. The molecule has 6 nitrogen and oxygen atoms in total. The van der Waals surface area contributed by atoms with Gasteiger partial charge in [0, 0.05) is 25.0 Å².